The average molecular weight is 318 g/mol. The Kier molecular flexibility index (Phi) is 5.11. The zero-order valence-corrected chi connectivity index (χ0v) is 10.5. The van der Waals surface area contributed by atoms with Gasteiger partial charge in [0.05, 0.1) is 6.42 Å². The Morgan fingerprint density at radius 1 is 0.750 bits per heavy atom. The summed E-state index contributed by atoms with van der Waals surface area (Å²) < 4.78 is 105. The lowest BCUT2D eigenvalue weighted by atomic mass is 9.92. The molecule has 0 saturated heterocycles. The van der Waals surface area contributed by atoms with E-state index in [0.717, 1.165) is 6.92 Å². The summed E-state index contributed by atoms with van der Waals surface area (Å²) in [6.07, 6.45) is -4.88. The fraction of sp³-hybridized carbons (Fsp3) is 1.00. The molecule has 0 rings (SSSR count). The summed E-state index contributed by atoms with van der Waals surface area (Å²) in [6.45, 7) is 1.22. The molecule has 0 aromatic heterocycles. The van der Waals surface area contributed by atoms with E-state index in [1.54, 1.807) is 0 Å². The van der Waals surface area contributed by atoms with Crippen LogP contribution in [-0.4, -0.2) is 39.7 Å². The standard InChI is InChI=1S/C10H14F8O2/c1-3-4-7(11,12)9(15,16)10(17,18)8(13,14)5-6(2,19)20/h19-20H,3-5H2,1-2H3. The van der Waals surface area contributed by atoms with Gasteiger partial charge >= 0.3 is 23.7 Å². The minimum Gasteiger partial charge on any atom is -0.366 e. The summed E-state index contributed by atoms with van der Waals surface area (Å²) in [7, 11) is 0. The maximum atomic E-state index is 13.1. The van der Waals surface area contributed by atoms with E-state index in [1.165, 1.54) is 0 Å². The van der Waals surface area contributed by atoms with Crippen LogP contribution in [0.5, 0.6) is 0 Å². The Morgan fingerprint density at radius 3 is 1.40 bits per heavy atom. The maximum absolute atomic E-state index is 13.1. The third-order valence-corrected chi connectivity index (χ3v) is 2.43. The number of aliphatic hydroxyl groups is 2. The van der Waals surface area contributed by atoms with E-state index in [4.69, 9.17) is 10.2 Å². The molecule has 2 nitrogen and oxygen atoms in total. The molecular formula is C10H14F8O2. The number of halogens is 8. The fourth-order valence-corrected chi connectivity index (χ4v) is 1.46. The van der Waals surface area contributed by atoms with Crippen molar-refractivity contribution in [1.29, 1.82) is 0 Å². The molecule has 122 valence electrons. The summed E-state index contributed by atoms with van der Waals surface area (Å²) in [4.78, 5) is 0. The second kappa shape index (κ2) is 5.28. The fourth-order valence-electron chi connectivity index (χ4n) is 1.46. The highest BCUT2D eigenvalue weighted by Gasteiger charge is 2.80. The van der Waals surface area contributed by atoms with Gasteiger partial charge in [-0.15, -0.1) is 0 Å². The largest absolute Gasteiger partial charge is 0.378 e. The second-order valence-electron chi connectivity index (χ2n) is 4.70. The van der Waals surface area contributed by atoms with Crippen LogP contribution in [0, 0.1) is 0 Å². The molecule has 0 saturated carbocycles. The Bertz CT molecular complexity index is 335. The van der Waals surface area contributed by atoms with Gasteiger partial charge < -0.3 is 10.2 Å². The summed E-state index contributed by atoms with van der Waals surface area (Å²) in [5, 5.41) is 17.2. The van der Waals surface area contributed by atoms with Crippen molar-refractivity contribution in [2.24, 2.45) is 0 Å². The molecule has 0 aromatic rings. The monoisotopic (exact) mass is 318 g/mol. The van der Waals surface area contributed by atoms with Crippen LogP contribution in [0.1, 0.15) is 33.1 Å². The Balaban J connectivity index is 5.59. The number of hydrogen-bond acceptors (Lipinski definition) is 2. The number of alkyl halides is 8. The maximum Gasteiger partial charge on any atom is 0.378 e. The topological polar surface area (TPSA) is 40.5 Å². The highest BCUT2D eigenvalue weighted by molar-refractivity contribution is 5.04. The van der Waals surface area contributed by atoms with Crippen LogP contribution in [-0.2, 0) is 0 Å². The van der Waals surface area contributed by atoms with Gasteiger partial charge in [0.25, 0.3) is 0 Å². The van der Waals surface area contributed by atoms with E-state index in [-0.39, 0.29) is 6.92 Å². The van der Waals surface area contributed by atoms with Crippen LogP contribution < -0.4 is 0 Å². The van der Waals surface area contributed by atoms with E-state index in [0.29, 0.717) is 0 Å². The van der Waals surface area contributed by atoms with Crippen molar-refractivity contribution in [2.75, 3.05) is 0 Å². The quantitative estimate of drug-likeness (QED) is 0.558. The Labute approximate surface area is 109 Å². The van der Waals surface area contributed by atoms with Crippen molar-refractivity contribution in [3.05, 3.63) is 0 Å². The first-order valence-corrected chi connectivity index (χ1v) is 5.48. The molecule has 0 aliphatic rings. The van der Waals surface area contributed by atoms with Gasteiger partial charge in [-0.05, 0) is 6.92 Å². The van der Waals surface area contributed by atoms with Crippen molar-refractivity contribution in [3.63, 3.8) is 0 Å². The van der Waals surface area contributed by atoms with E-state index in [9.17, 15) is 35.1 Å². The third kappa shape index (κ3) is 3.51. The average Bonchev–Trinajstić information content (AvgIpc) is 2.12. The summed E-state index contributed by atoms with van der Waals surface area (Å²) >= 11 is 0. The van der Waals surface area contributed by atoms with Gasteiger partial charge in [0.2, 0.25) is 0 Å². The van der Waals surface area contributed by atoms with Gasteiger partial charge in [0.1, 0.15) is 0 Å². The summed E-state index contributed by atoms with van der Waals surface area (Å²) in [5.74, 6) is -27.3. The Hall–Kier alpha value is -0.640. The molecule has 0 amide bonds. The van der Waals surface area contributed by atoms with Gasteiger partial charge in [-0.2, -0.15) is 35.1 Å². The molecular weight excluding hydrogens is 304 g/mol. The minimum absolute atomic E-state index is 0.235. The van der Waals surface area contributed by atoms with Crippen LogP contribution in [0.15, 0.2) is 0 Å². The molecule has 0 aromatic carbocycles. The Morgan fingerprint density at radius 2 is 1.10 bits per heavy atom. The SMILES string of the molecule is CCCC(F)(F)C(F)(F)C(F)(F)C(F)(F)CC(C)(O)O. The lowest BCUT2D eigenvalue weighted by molar-refractivity contribution is -0.378. The normalized spacial score (nSPS) is 15.6. The first-order chi connectivity index (χ1) is 8.52. The summed E-state index contributed by atoms with van der Waals surface area (Å²) in [6, 6.07) is 0. The van der Waals surface area contributed by atoms with Gasteiger partial charge in [-0.3, -0.25) is 0 Å². The van der Waals surface area contributed by atoms with Crippen molar-refractivity contribution in [1.82, 2.24) is 0 Å². The molecule has 20 heavy (non-hydrogen) atoms. The molecule has 10 heteroatoms. The molecule has 0 atom stereocenters. The molecule has 0 aliphatic carbocycles. The third-order valence-electron chi connectivity index (χ3n) is 2.43. The second-order valence-corrected chi connectivity index (χ2v) is 4.70. The van der Waals surface area contributed by atoms with Crippen molar-refractivity contribution < 1.29 is 45.3 Å². The predicted molar refractivity (Wildman–Crippen MR) is 52.2 cm³/mol. The van der Waals surface area contributed by atoms with Crippen LogP contribution >= 0.6 is 0 Å². The number of hydrogen-bond donors (Lipinski definition) is 2. The molecule has 0 radical (unpaired) electrons. The van der Waals surface area contributed by atoms with Crippen LogP contribution in [0.25, 0.3) is 0 Å². The van der Waals surface area contributed by atoms with Crippen LogP contribution in [0.2, 0.25) is 0 Å². The smallest absolute Gasteiger partial charge is 0.366 e. The van der Waals surface area contributed by atoms with Crippen molar-refractivity contribution in [2.45, 2.75) is 62.6 Å². The molecule has 0 bridgehead atoms. The van der Waals surface area contributed by atoms with Gasteiger partial charge in [0, 0.05) is 6.42 Å². The molecule has 0 unspecified atom stereocenters. The predicted octanol–water partition coefficient (Wildman–Crippen LogP) is 3.42. The number of rotatable bonds is 7. The molecule has 0 spiro atoms. The van der Waals surface area contributed by atoms with Crippen molar-refractivity contribution in [3.8, 4) is 0 Å². The molecule has 2 N–H and O–H groups in total. The lowest BCUT2D eigenvalue weighted by Gasteiger charge is -2.38. The minimum atomic E-state index is -6.45. The zero-order chi connectivity index (χ0) is 16.6. The zero-order valence-electron chi connectivity index (χ0n) is 10.5. The lowest BCUT2D eigenvalue weighted by Crippen LogP contribution is -2.63. The van der Waals surface area contributed by atoms with E-state index < -0.39 is 48.7 Å². The van der Waals surface area contributed by atoms with E-state index in [1.807, 2.05) is 0 Å². The molecule has 0 fully saturated rings. The van der Waals surface area contributed by atoms with Crippen LogP contribution in [0.4, 0.5) is 35.1 Å². The highest BCUT2D eigenvalue weighted by Crippen LogP contribution is 2.55. The first-order valence-electron chi connectivity index (χ1n) is 5.48. The summed E-state index contributed by atoms with van der Waals surface area (Å²) in [5.41, 5.74) is 0. The van der Waals surface area contributed by atoms with Gasteiger partial charge in [-0.25, -0.2) is 0 Å². The van der Waals surface area contributed by atoms with Crippen LogP contribution in [0.3, 0.4) is 0 Å². The van der Waals surface area contributed by atoms with Crippen molar-refractivity contribution >= 4 is 0 Å². The molecule has 0 heterocycles. The first kappa shape index (κ1) is 19.4. The molecule has 0 aliphatic heterocycles. The van der Waals surface area contributed by atoms with E-state index >= 15 is 0 Å². The van der Waals surface area contributed by atoms with Gasteiger partial charge in [0.15, 0.2) is 5.79 Å². The highest BCUT2D eigenvalue weighted by atomic mass is 19.4. The van der Waals surface area contributed by atoms with E-state index in [2.05, 4.69) is 0 Å². The van der Waals surface area contributed by atoms with Gasteiger partial charge in [-0.1, -0.05) is 13.3 Å².